The van der Waals surface area contributed by atoms with Crippen LogP contribution in [0.15, 0.2) is 9.98 Å². The van der Waals surface area contributed by atoms with E-state index in [1.54, 1.807) is 0 Å². The Labute approximate surface area is 106 Å². The van der Waals surface area contributed by atoms with Gasteiger partial charge in [0.05, 0.1) is 12.6 Å². The third-order valence-corrected chi connectivity index (χ3v) is 2.96. The van der Waals surface area contributed by atoms with Crippen molar-refractivity contribution in [3.8, 4) is 0 Å². The van der Waals surface area contributed by atoms with Gasteiger partial charge in [0, 0.05) is 10.5 Å². The molecule has 0 aromatic heterocycles. The molecule has 0 aliphatic carbocycles. The number of rotatable bonds is 8. The van der Waals surface area contributed by atoms with Crippen LogP contribution in [-0.2, 0) is 9.59 Å². The summed E-state index contributed by atoms with van der Waals surface area (Å²) in [4.78, 5) is 26.9. The third-order valence-electron chi connectivity index (χ3n) is 2.07. The average Bonchev–Trinajstić information content (AvgIpc) is 2.17. The summed E-state index contributed by atoms with van der Waals surface area (Å²) < 4.78 is 0. The first-order valence-electron chi connectivity index (χ1n) is 5.06. The maximum absolute atomic E-state index is 10.0. The molecule has 90 valence electrons. The van der Waals surface area contributed by atoms with Crippen molar-refractivity contribution in [3.63, 3.8) is 0 Å². The number of carbonyl (C=O) groups excluding carboxylic acids is 2. The first-order chi connectivity index (χ1) is 7.60. The fraction of sp³-hybridized carbons (Fsp3) is 0.800. The van der Waals surface area contributed by atoms with Gasteiger partial charge < -0.3 is 0 Å². The van der Waals surface area contributed by atoms with Crippen molar-refractivity contribution in [1.29, 1.82) is 0 Å². The van der Waals surface area contributed by atoms with Crippen molar-refractivity contribution < 1.29 is 9.59 Å². The molecule has 16 heavy (non-hydrogen) atoms. The van der Waals surface area contributed by atoms with Crippen molar-refractivity contribution in [2.75, 3.05) is 6.54 Å². The van der Waals surface area contributed by atoms with Crippen LogP contribution in [0, 0.1) is 0 Å². The van der Waals surface area contributed by atoms with Gasteiger partial charge in [-0.2, -0.15) is 25.3 Å². The summed E-state index contributed by atoms with van der Waals surface area (Å²) in [6.07, 6.45) is 5.25. The number of isocyanates is 2. The van der Waals surface area contributed by atoms with E-state index >= 15 is 0 Å². The molecule has 0 saturated heterocycles. The molecule has 6 heteroatoms. The molecule has 4 nitrogen and oxygen atoms in total. The smallest absolute Gasteiger partial charge is 0.211 e. The molecule has 3 unspecified atom stereocenters. The van der Waals surface area contributed by atoms with Gasteiger partial charge >= 0.3 is 0 Å². The van der Waals surface area contributed by atoms with E-state index in [0.29, 0.717) is 13.0 Å². The van der Waals surface area contributed by atoms with Crippen molar-refractivity contribution in [1.82, 2.24) is 0 Å². The van der Waals surface area contributed by atoms with E-state index < -0.39 is 0 Å². The van der Waals surface area contributed by atoms with E-state index in [-0.39, 0.29) is 16.5 Å². The molecule has 0 radical (unpaired) electrons. The molecule has 0 aromatic carbocycles. The molecule has 0 aliphatic heterocycles. The summed E-state index contributed by atoms with van der Waals surface area (Å²) in [6.45, 7) is 2.29. The standard InChI is InChI=1S/C10H16N2O2S2/c1-8(12-7-14)4-10(16)5-9(15)2-3-11-6-13/h8-10,15-16H,2-5H2,1H3. The molecule has 0 heterocycles. The molecule has 0 aromatic rings. The number of thiol groups is 2. The lowest BCUT2D eigenvalue weighted by molar-refractivity contribution is 0.548. The number of hydrogen-bond acceptors (Lipinski definition) is 6. The van der Waals surface area contributed by atoms with Gasteiger partial charge in [-0.05, 0) is 26.2 Å². The second-order valence-electron chi connectivity index (χ2n) is 3.61. The van der Waals surface area contributed by atoms with E-state index in [9.17, 15) is 9.59 Å². The lowest BCUT2D eigenvalue weighted by Crippen LogP contribution is -2.14. The maximum Gasteiger partial charge on any atom is 0.235 e. The summed E-state index contributed by atoms with van der Waals surface area (Å²) in [7, 11) is 0. The molecule has 0 fully saturated rings. The van der Waals surface area contributed by atoms with E-state index in [1.165, 1.54) is 12.2 Å². The largest absolute Gasteiger partial charge is 0.235 e. The molecule has 0 saturated carbocycles. The summed E-state index contributed by atoms with van der Waals surface area (Å²) in [6, 6.07) is -0.0615. The molecule has 0 aliphatic rings. The number of hydrogen-bond donors (Lipinski definition) is 2. The minimum atomic E-state index is -0.0615. The maximum atomic E-state index is 10.0. The summed E-state index contributed by atoms with van der Waals surface area (Å²) >= 11 is 8.77. The van der Waals surface area contributed by atoms with Gasteiger partial charge in [-0.1, -0.05) is 0 Å². The monoisotopic (exact) mass is 260 g/mol. The van der Waals surface area contributed by atoms with Gasteiger partial charge in [-0.25, -0.2) is 19.6 Å². The molecular weight excluding hydrogens is 244 g/mol. The zero-order valence-corrected chi connectivity index (χ0v) is 11.0. The minimum Gasteiger partial charge on any atom is -0.211 e. The van der Waals surface area contributed by atoms with Crippen molar-refractivity contribution in [3.05, 3.63) is 0 Å². The molecule has 0 bridgehead atoms. The van der Waals surface area contributed by atoms with Crippen molar-refractivity contribution in [2.24, 2.45) is 9.98 Å². The number of aliphatic imine (C=N–C) groups is 2. The highest BCUT2D eigenvalue weighted by Gasteiger charge is 2.13. The fourth-order valence-electron chi connectivity index (χ4n) is 1.32. The Morgan fingerprint density at radius 1 is 1.12 bits per heavy atom. The molecular formula is C10H16N2O2S2. The zero-order chi connectivity index (χ0) is 12.4. The van der Waals surface area contributed by atoms with Crippen LogP contribution in [-0.4, -0.2) is 35.2 Å². The Morgan fingerprint density at radius 2 is 1.81 bits per heavy atom. The molecule has 0 spiro atoms. The molecule has 0 amide bonds. The van der Waals surface area contributed by atoms with E-state index in [4.69, 9.17) is 0 Å². The second-order valence-corrected chi connectivity index (χ2v) is 5.07. The van der Waals surface area contributed by atoms with Crippen LogP contribution in [0.1, 0.15) is 26.2 Å². The van der Waals surface area contributed by atoms with Gasteiger partial charge in [0.25, 0.3) is 0 Å². The van der Waals surface area contributed by atoms with Gasteiger partial charge in [0.15, 0.2) is 0 Å². The summed E-state index contributed by atoms with van der Waals surface area (Å²) in [5.74, 6) is 0. The quantitative estimate of drug-likeness (QED) is 0.397. The van der Waals surface area contributed by atoms with Gasteiger partial charge in [-0.15, -0.1) is 0 Å². The molecule has 3 atom stereocenters. The Kier molecular flexibility index (Phi) is 9.34. The highest BCUT2D eigenvalue weighted by molar-refractivity contribution is 7.81. The highest BCUT2D eigenvalue weighted by Crippen LogP contribution is 2.18. The van der Waals surface area contributed by atoms with Crippen molar-refractivity contribution in [2.45, 2.75) is 42.7 Å². The van der Waals surface area contributed by atoms with E-state index in [2.05, 4.69) is 35.2 Å². The normalized spacial score (nSPS) is 15.4. The Morgan fingerprint density at radius 3 is 2.38 bits per heavy atom. The zero-order valence-electron chi connectivity index (χ0n) is 9.17. The van der Waals surface area contributed by atoms with E-state index in [0.717, 1.165) is 12.8 Å². The predicted molar refractivity (Wildman–Crippen MR) is 70.0 cm³/mol. The predicted octanol–water partition coefficient (Wildman–Crippen LogP) is 1.81. The third kappa shape index (κ3) is 8.74. The Bertz CT molecular complexity index is 287. The number of nitrogens with zero attached hydrogens (tertiary/aromatic N) is 2. The van der Waals surface area contributed by atoms with Crippen LogP contribution in [0.4, 0.5) is 0 Å². The Hall–Kier alpha value is -0.540. The lowest BCUT2D eigenvalue weighted by atomic mass is 10.1. The van der Waals surface area contributed by atoms with Crippen LogP contribution in [0.5, 0.6) is 0 Å². The fourth-order valence-corrected chi connectivity index (χ4v) is 2.42. The van der Waals surface area contributed by atoms with Gasteiger partial charge in [0.2, 0.25) is 12.2 Å². The molecule has 0 rings (SSSR count). The SMILES string of the molecule is CC(CC(S)CC(S)CCN=C=O)N=C=O. The van der Waals surface area contributed by atoms with Crippen LogP contribution in [0.2, 0.25) is 0 Å². The lowest BCUT2D eigenvalue weighted by Gasteiger charge is -2.16. The highest BCUT2D eigenvalue weighted by atomic mass is 32.1. The van der Waals surface area contributed by atoms with E-state index in [1.807, 2.05) is 6.92 Å². The summed E-state index contributed by atoms with van der Waals surface area (Å²) in [5.41, 5.74) is 0. The van der Waals surface area contributed by atoms with Crippen LogP contribution in [0.3, 0.4) is 0 Å². The minimum absolute atomic E-state index is 0.0615. The topological polar surface area (TPSA) is 58.9 Å². The first kappa shape index (κ1) is 15.5. The van der Waals surface area contributed by atoms with Gasteiger partial charge in [0.1, 0.15) is 0 Å². The van der Waals surface area contributed by atoms with Crippen molar-refractivity contribution >= 4 is 37.4 Å². The van der Waals surface area contributed by atoms with Crippen LogP contribution >= 0.6 is 25.3 Å². The first-order valence-corrected chi connectivity index (χ1v) is 6.10. The Balaban J connectivity index is 3.80. The molecule has 0 N–H and O–H groups in total. The van der Waals surface area contributed by atoms with Crippen LogP contribution in [0.25, 0.3) is 0 Å². The second kappa shape index (κ2) is 9.67. The summed E-state index contributed by atoms with van der Waals surface area (Å²) in [5, 5.41) is 0.279. The van der Waals surface area contributed by atoms with Gasteiger partial charge in [-0.3, -0.25) is 0 Å². The average molecular weight is 260 g/mol. The van der Waals surface area contributed by atoms with Crippen LogP contribution < -0.4 is 0 Å².